The van der Waals surface area contributed by atoms with Gasteiger partial charge in [-0.05, 0) is 43.2 Å². The zero-order valence-electron chi connectivity index (χ0n) is 14.7. The number of amides is 1. The summed E-state index contributed by atoms with van der Waals surface area (Å²) < 4.78 is 0. The van der Waals surface area contributed by atoms with E-state index in [0.29, 0.717) is 24.9 Å². The normalized spacial score (nSPS) is 23.7. The summed E-state index contributed by atoms with van der Waals surface area (Å²) in [6, 6.07) is 0. The number of nitrogens with two attached hydrogens (primary N) is 1. The Hall–Kier alpha value is -0.610. The van der Waals surface area contributed by atoms with Crippen molar-refractivity contribution in [2.45, 2.75) is 47.5 Å². The molecule has 21 heavy (non-hydrogen) atoms. The van der Waals surface area contributed by atoms with Gasteiger partial charge >= 0.3 is 0 Å². The molecule has 1 heterocycles. The maximum absolute atomic E-state index is 12.6. The number of likely N-dealkylation sites (tertiary alicyclic amines) is 1. The molecule has 2 unspecified atom stereocenters. The van der Waals surface area contributed by atoms with E-state index in [1.54, 1.807) is 0 Å². The number of nitrogens with zero attached hydrogens (tertiary/aromatic N) is 2. The van der Waals surface area contributed by atoms with E-state index in [2.05, 4.69) is 44.4 Å². The van der Waals surface area contributed by atoms with Crippen LogP contribution in [-0.2, 0) is 4.79 Å². The van der Waals surface area contributed by atoms with Crippen LogP contribution in [0.3, 0.4) is 0 Å². The number of piperidine rings is 1. The second-order valence-corrected chi connectivity index (χ2v) is 7.82. The second kappa shape index (κ2) is 8.14. The fraction of sp³-hybridized carbons (Fsp3) is 0.941. The fourth-order valence-corrected chi connectivity index (χ4v) is 3.36. The molecule has 0 radical (unpaired) electrons. The van der Waals surface area contributed by atoms with E-state index in [0.717, 1.165) is 32.6 Å². The predicted octanol–water partition coefficient (Wildman–Crippen LogP) is 2.19. The van der Waals surface area contributed by atoms with Crippen LogP contribution in [0, 0.1) is 17.3 Å². The van der Waals surface area contributed by atoms with Crippen LogP contribution < -0.4 is 5.73 Å². The SMILES string of the molecule is CCCN(CC(=O)N1CC(C)CC(C)C1)CC(C)(C)CN. The Balaban J connectivity index is 2.59. The zero-order chi connectivity index (χ0) is 16.0. The molecule has 0 aromatic heterocycles. The number of rotatable bonds is 7. The first-order valence-corrected chi connectivity index (χ1v) is 8.47. The third kappa shape index (κ3) is 6.35. The van der Waals surface area contributed by atoms with Gasteiger partial charge in [0.1, 0.15) is 0 Å². The summed E-state index contributed by atoms with van der Waals surface area (Å²) in [7, 11) is 0. The predicted molar refractivity (Wildman–Crippen MR) is 89.1 cm³/mol. The van der Waals surface area contributed by atoms with Crippen molar-refractivity contribution in [3.05, 3.63) is 0 Å². The maximum Gasteiger partial charge on any atom is 0.236 e. The molecule has 0 aromatic carbocycles. The van der Waals surface area contributed by atoms with E-state index in [1.807, 2.05) is 0 Å². The first kappa shape index (κ1) is 18.4. The number of carbonyl (C=O) groups is 1. The second-order valence-electron chi connectivity index (χ2n) is 7.82. The highest BCUT2D eigenvalue weighted by atomic mass is 16.2. The van der Waals surface area contributed by atoms with Gasteiger partial charge in [0.05, 0.1) is 6.54 Å². The molecule has 1 rings (SSSR count). The Bertz CT molecular complexity index is 320. The molecule has 0 aromatic rings. The van der Waals surface area contributed by atoms with E-state index >= 15 is 0 Å². The van der Waals surface area contributed by atoms with Gasteiger partial charge in [-0.1, -0.05) is 34.6 Å². The molecular weight excluding hydrogens is 262 g/mol. The van der Waals surface area contributed by atoms with Crippen molar-refractivity contribution in [2.24, 2.45) is 23.0 Å². The van der Waals surface area contributed by atoms with Crippen molar-refractivity contribution in [3.63, 3.8) is 0 Å². The van der Waals surface area contributed by atoms with Gasteiger partial charge in [0, 0.05) is 19.6 Å². The molecule has 4 heteroatoms. The molecule has 0 aliphatic carbocycles. The molecule has 124 valence electrons. The van der Waals surface area contributed by atoms with E-state index in [9.17, 15) is 4.79 Å². The maximum atomic E-state index is 12.6. The number of hydrogen-bond acceptors (Lipinski definition) is 3. The molecular formula is C17H35N3O. The molecule has 1 aliphatic heterocycles. The first-order chi connectivity index (χ1) is 9.77. The van der Waals surface area contributed by atoms with Gasteiger partial charge in [-0.3, -0.25) is 9.69 Å². The molecule has 4 nitrogen and oxygen atoms in total. The van der Waals surface area contributed by atoms with Gasteiger partial charge in [0.2, 0.25) is 5.91 Å². The molecule has 0 bridgehead atoms. The highest BCUT2D eigenvalue weighted by Gasteiger charge is 2.27. The first-order valence-electron chi connectivity index (χ1n) is 8.47. The highest BCUT2D eigenvalue weighted by Crippen LogP contribution is 2.21. The lowest BCUT2D eigenvalue weighted by atomic mass is 9.91. The average Bonchev–Trinajstić information content (AvgIpc) is 2.37. The smallest absolute Gasteiger partial charge is 0.236 e. The fourth-order valence-electron chi connectivity index (χ4n) is 3.36. The minimum absolute atomic E-state index is 0.0674. The minimum atomic E-state index is 0.0674. The summed E-state index contributed by atoms with van der Waals surface area (Å²) in [5.41, 5.74) is 5.91. The largest absolute Gasteiger partial charge is 0.341 e. The standard InChI is InChI=1S/C17H35N3O/c1-6-7-19(13-17(4,5)12-18)11-16(21)20-9-14(2)8-15(3)10-20/h14-15H,6-13,18H2,1-5H3. The van der Waals surface area contributed by atoms with Crippen LogP contribution in [0.25, 0.3) is 0 Å². The van der Waals surface area contributed by atoms with Crippen molar-refractivity contribution in [2.75, 3.05) is 39.3 Å². The minimum Gasteiger partial charge on any atom is -0.341 e. The van der Waals surface area contributed by atoms with E-state index in [1.165, 1.54) is 6.42 Å². The molecule has 0 spiro atoms. The number of carbonyl (C=O) groups excluding carboxylic acids is 1. The van der Waals surface area contributed by atoms with Crippen LogP contribution >= 0.6 is 0 Å². The molecule has 1 fully saturated rings. The monoisotopic (exact) mass is 297 g/mol. The van der Waals surface area contributed by atoms with E-state index in [4.69, 9.17) is 5.73 Å². The quantitative estimate of drug-likeness (QED) is 0.783. The summed E-state index contributed by atoms with van der Waals surface area (Å²) in [6.45, 7) is 15.9. The Kier molecular flexibility index (Phi) is 7.14. The van der Waals surface area contributed by atoms with Crippen molar-refractivity contribution < 1.29 is 4.79 Å². The Morgan fingerprint density at radius 2 is 1.86 bits per heavy atom. The van der Waals surface area contributed by atoms with Crippen LogP contribution in [0.4, 0.5) is 0 Å². The Morgan fingerprint density at radius 3 is 2.33 bits per heavy atom. The topological polar surface area (TPSA) is 49.6 Å². The number of hydrogen-bond donors (Lipinski definition) is 1. The van der Waals surface area contributed by atoms with Crippen LogP contribution in [0.5, 0.6) is 0 Å². The van der Waals surface area contributed by atoms with Crippen LogP contribution in [0.1, 0.15) is 47.5 Å². The molecule has 1 saturated heterocycles. The Labute approximate surface area is 131 Å². The molecule has 2 N–H and O–H groups in total. The zero-order valence-corrected chi connectivity index (χ0v) is 14.7. The van der Waals surface area contributed by atoms with Crippen molar-refractivity contribution >= 4 is 5.91 Å². The summed E-state index contributed by atoms with van der Waals surface area (Å²) >= 11 is 0. The van der Waals surface area contributed by atoms with Crippen molar-refractivity contribution in [3.8, 4) is 0 Å². The van der Waals surface area contributed by atoms with Gasteiger partial charge in [0.25, 0.3) is 0 Å². The lowest BCUT2D eigenvalue weighted by Crippen LogP contribution is -2.49. The lowest BCUT2D eigenvalue weighted by Gasteiger charge is -2.37. The summed E-state index contributed by atoms with van der Waals surface area (Å²) in [5, 5.41) is 0. The third-order valence-electron chi connectivity index (χ3n) is 4.32. The van der Waals surface area contributed by atoms with E-state index in [-0.39, 0.29) is 11.3 Å². The van der Waals surface area contributed by atoms with Crippen LogP contribution in [0.2, 0.25) is 0 Å². The van der Waals surface area contributed by atoms with Gasteiger partial charge in [-0.15, -0.1) is 0 Å². The third-order valence-corrected chi connectivity index (χ3v) is 4.32. The summed E-state index contributed by atoms with van der Waals surface area (Å²) in [4.78, 5) is 16.9. The van der Waals surface area contributed by atoms with Crippen LogP contribution in [-0.4, -0.2) is 55.0 Å². The summed E-state index contributed by atoms with van der Waals surface area (Å²) in [6.07, 6.45) is 2.31. The van der Waals surface area contributed by atoms with Gasteiger partial charge in [0.15, 0.2) is 0 Å². The van der Waals surface area contributed by atoms with Crippen molar-refractivity contribution in [1.82, 2.24) is 9.80 Å². The summed E-state index contributed by atoms with van der Waals surface area (Å²) in [5.74, 6) is 1.53. The average molecular weight is 297 g/mol. The lowest BCUT2D eigenvalue weighted by molar-refractivity contribution is -0.135. The van der Waals surface area contributed by atoms with E-state index < -0.39 is 0 Å². The molecule has 2 atom stereocenters. The van der Waals surface area contributed by atoms with Gasteiger partial charge < -0.3 is 10.6 Å². The van der Waals surface area contributed by atoms with Crippen LogP contribution in [0.15, 0.2) is 0 Å². The van der Waals surface area contributed by atoms with Gasteiger partial charge in [-0.2, -0.15) is 0 Å². The Morgan fingerprint density at radius 1 is 1.29 bits per heavy atom. The molecule has 0 saturated carbocycles. The van der Waals surface area contributed by atoms with Crippen molar-refractivity contribution in [1.29, 1.82) is 0 Å². The molecule has 1 aliphatic rings. The molecule has 1 amide bonds. The highest BCUT2D eigenvalue weighted by molar-refractivity contribution is 5.78. The van der Waals surface area contributed by atoms with Gasteiger partial charge in [-0.25, -0.2) is 0 Å².